The molecule has 1 rings (SSSR count). The Morgan fingerprint density at radius 3 is 2.41 bits per heavy atom. The van der Waals surface area contributed by atoms with E-state index in [4.69, 9.17) is 4.99 Å². The van der Waals surface area contributed by atoms with E-state index in [-0.39, 0.29) is 24.0 Å². The molecule has 1 unspecified atom stereocenters. The maximum Gasteiger partial charge on any atom is 0.191 e. The molecule has 1 atom stereocenters. The number of likely N-dealkylation sites (tertiary alicyclic amines) is 1. The lowest BCUT2D eigenvalue weighted by atomic mass is 9.99. The van der Waals surface area contributed by atoms with Gasteiger partial charge in [-0.15, -0.1) is 24.0 Å². The first-order valence-electron chi connectivity index (χ1n) is 8.80. The predicted octanol–water partition coefficient (Wildman–Crippen LogP) is 3.33. The number of rotatable bonds is 7. The molecule has 0 radical (unpaired) electrons. The van der Waals surface area contributed by atoms with Crippen molar-refractivity contribution in [2.24, 2.45) is 16.8 Å². The molecule has 0 aliphatic carbocycles. The zero-order chi connectivity index (χ0) is 15.7. The second-order valence-electron chi connectivity index (χ2n) is 6.82. The molecule has 1 aliphatic rings. The van der Waals surface area contributed by atoms with E-state index in [1.54, 1.807) is 0 Å². The molecule has 132 valence electrons. The van der Waals surface area contributed by atoms with Gasteiger partial charge in [-0.05, 0) is 64.6 Å². The number of nitrogens with one attached hydrogen (secondary N) is 2. The van der Waals surface area contributed by atoms with Gasteiger partial charge in [-0.1, -0.05) is 20.8 Å². The molecule has 4 nitrogen and oxygen atoms in total. The van der Waals surface area contributed by atoms with Crippen molar-refractivity contribution in [3.8, 4) is 0 Å². The van der Waals surface area contributed by atoms with Crippen molar-refractivity contribution in [2.75, 3.05) is 32.7 Å². The van der Waals surface area contributed by atoms with Crippen molar-refractivity contribution in [1.29, 1.82) is 0 Å². The minimum Gasteiger partial charge on any atom is -0.357 e. The van der Waals surface area contributed by atoms with Gasteiger partial charge in [0, 0.05) is 19.1 Å². The van der Waals surface area contributed by atoms with Gasteiger partial charge in [0.25, 0.3) is 0 Å². The van der Waals surface area contributed by atoms with Gasteiger partial charge in [0.1, 0.15) is 0 Å². The standard InChI is InChI=1S/C17H36N4.HI/c1-6-18-17(20-16(5)14(2)3)19-10-7-11-21-12-8-15(4)9-13-21;/h14-16H,6-13H2,1-5H3,(H2,18,19,20);1H. The van der Waals surface area contributed by atoms with E-state index in [2.05, 4.69) is 50.2 Å². The van der Waals surface area contributed by atoms with Crippen LogP contribution in [0.1, 0.15) is 53.9 Å². The molecule has 0 amide bonds. The average Bonchev–Trinajstić information content (AvgIpc) is 2.45. The zero-order valence-corrected chi connectivity index (χ0v) is 17.5. The number of nitrogens with zero attached hydrogens (tertiary/aromatic N) is 2. The van der Waals surface area contributed by atoms with Crippen LogP contribution in [0.3, 0.4) is 0 Å². The lowest BCUT2D eigenvalue weighted by Crippen LogP contribution is -2.44. The molecule has 0 saturated carbocycles. The van der Waals surface area contributed by atoms with Gasteiger partial charge >= 0.3 is 0 Å². The highest BCUT2D eigenvalue weighted by Gasteiger charge is 2.14. The quantitative estimate of drug-likeness (QED) is 0.285. The Labute approximate surface area is 154 Å². The van der Waals surface area contributed by atoms with Gasteiger partial charge < -0.3 is 15.5 Å². The zero-order valence-electron chi connectivity index (χ0n) is 15.2. The van der Waals surface area contributed by atoms with Crippen LogP contribution in [-0.4, -0.2) is 49.6 Å². The fraction of sp³-hybridized carbons (Fsp3) is 0.941. The van der Waals surface area contributed by atoms with E-state index in [9.17, 15) is 0 Å². The highest BCUT2D eigenvalue weighted by atomic mass is 127. The highest BCUT2D eigenvalue weighted by Crippen LogP contribution is 2.15. The van der Waals surface area contributed by atoms with E-state index < -0.39 is 0 Å². The molecule has 1 saturated heterocycles. The summed E-state index contributed by atoms with van der Waals surface area (Å²) in [5, 5.41) is 6.82. The first kappa shape index (κ1) is 22.0. The fourth-order valence-corrected chi connectivity index (χ4v) is 2.47. The average molecular weight is 424 g/mol. The number of hydrogen-bond acceptors (Lipinski definition) is 2. The van der Waals surface area contributed by atoms with Crippen LogP contribution in [0.2, 0.25) is 0 Å². The van der Waals surface area contributed by atoms with Crippen molar-refractivity contribution in [2.45, 2.75) is 59.9 Å². The monoisotopic (exact) mass is 424 g/mol. The molecule has 0 aromatic heterocycles. The van der Waals surface area contributed by atoms with Gasteiger partial charge in [0.2, 0.25) is 0 Å². The summed E-state index contributed by atoms with van der Waals surface area (Å²) in [6.45, 7) is 16.7. The molecule has 0 bridgehead atoms. The number of hydrogen-bond donors (Lipinski definition) is 2. The first-order chi connectivity index (χ1) is 10.0. The van der Waals surface area contributed by atoms with Crippen LogP contribution in [-0.2, 0) is 0 Å². The van der Waals surface area contributed by atoms with Crippen LogP contribution in [0.5, 0.6) is 0 Å². The van der Waals surface area contributed by atoms with Crippen molar-refractivity contribution >= 4 is 29.9 Å². The summed E-state index contributed by atoms with van der Waals surface area (Å²) in [7, 11) is 0. The number of halogens is 1. The maximum absolute atomic E-state index is 4.70. The normalized spacial score (nSPS) is 18.9. The molecule has 0 aromatic rings. The largest absolute Gasteiger partial charge is 0.357 e. The van der Waals surface area contributed by atoms with E-state index in [0.29, 0.717) is 12.0 Å². The Morgan fingerprint density at radius 2 is 1.86 bits per heavy atom. The molecule has 0 spiro atoms. The summed E-state index contributed by atoms with van der Waals surface area (Å²) in [6.07, 6.45) is 3.87. The third kappa shape index (κ3) is 9.18. The maximum atomic E-state index is 4.70. The molecular formula is C17H37IN4. The van der Waals surface area contributed by atoms with Crippen molar-refractivity contribution < 1.29 is 0 Å². The Kier molecular flexibility index (Phi) is 12.4. The van der Waals surface area contributed by atoms with E-state index in [1.165, 1.54) is 32.5 Å². The smallest absolute Gasteiger partial charge is 0.191 e. The van der Waals surface area contributed by atoms with Crippen LogP contribution in [0.25, 0.3) is 0 Å². The fourth-order valence-electron chi connectivity index (χ4n) is 2.47. The number of guanidine groups is 1. The van der Waals surface area contributed by atoms with Crippen LogP contribution in [0.4, 0.5) is 0 Å². The van der Waals surface area contributed by atoms with Crippen LogP contribution >= 0.6 is 24.0 Å². The molecular weight excluding hydrogens is 387 g/mol. The van der Waals surface area contributed by atoms with Crippen LogP contribution in [0, 0.1) is 11.8 Å². The highest BCUT2D eigenvalue weighted by molar-refractivity contribution is 14.0. The Balaban J connectivity index is 0.00000441. The van der Waals surface area contributed by atoms with Crippen molar-refractivity contribution in [3.05, 3.63) is 0 Å². The molecule has 1 heterocycles. The van der Waals surface area contributed by atoms with Gasteiger partial charge in [0.05, 0.1) is 0 Å². The molecule has 2 N–H and O–H groups in total. The Morgan fingerprint density at radius 1 is 1.23 bits per heavy atom. The summed E-state index contributed by atoms with van der Waals surface area (Å²) in [5.41, 5.74) is 0. The number of piperidine rings is 1. The van der Waals surface area contributed by atoms with E-state index >= 15 is 0 Å². The summed E-state index contributed by atoms with van der Waals surface area (Å²) in [5.74, 6) is 2.50. The SMILES string of the molecule is CCNC(=NCCCN1CCC(C)CC1)NC(C)C(C)C.I. The van der Waals surface area contributed by atoms with E-state index in [1.807, 2.05) is 0 Å². The van der Waals surface area contributed by atoms with Crippen molar-refractivity contribution in [1.82, 2.24) is 15.5 Å². The van der Waals surface area contributed by atoms with Gasteiger partial charge in [-0.3, -0.25) is 4.99 Å². The molecule has 22 heavy (non-hydrogen) atoms. The summed E-state index contributed by atoms with van der Waals surface area (Å²) in [4.78, 5) is 7.29. The molecule has 0 aromatic carbocycles. The van der Waals surface area contributed by atoms with Gasteiger partial charge in [-0.25, -0.2) is 0 Å². The third-order valence-electron chi connectivity index (χ3n) is 4.49. The molecule has 5 heteroatoms. The lowest BCUT2D eigenvalue weighted by Gasteiger charge is -2.29. The lowest BCUT2D eigenvalue weighted by molar-refractivity contribution is 0.191. The second kappa shape index (κ2) is 12.4. The van der Waals surface area contributed by atoms with Crippen LogP contribution < -0.4 is 10.6 Å². The summed E-state index contributed by atoms with van der Waals surface area (Å²) in [6, 6.07) is 0.450. The minimum atomic E-state index is 0. The predicted molar refractivity (Wildman–Crippen MR) is 108 cm³/mol. The molecule has 1 fully saturated rings. The first-order valence-corrected chi connectivity index (χ1v) is 8.80. The van der Waals surface area contributed by atoms with E-state index in [0.717, 1.165) is 31.4 Å². The van der Waals surface area contributed by atoms with Crippen LogP contribution in [0.15, 0.2) is 4.99 Å². The minimum absolute atomic E-state index is 0. The topological polar surface area (TPSA) is 39.7 Å². The summed E-state index contributed by atoms with van der Waals surface area (Å²) < 4.78 is 0. The Hall–Kier alpha value is -0.0400. The third-order valence-corrected chi connectivity index (χ3v) is 4.49. The van der Waals surface area contributed by atoms with Crippen molar-refractivity contribution in [3.63, 3.8) is 0 Å². The van der Waals surface area contributed by atoms with Gasteiger partial charge in [-0.2, -0.15) is 0 Å². The second-order valence-corrected chi connectivity index (χ2v) is 6.82. The molecule has 1 aliphatic heterocycles. The van der Waals surface area contributed by atoms with Gasteiger partial charge in [0.15, 0.2) is 5.96 Å². The summed E-state index contributed by atoms with van der Waals surface area (Å²) >= 11 is 0. The Bertz CT molecular complexity index is 299. The number of aliphatic imine (C=N–C) groups is 1.